The van der Waals surface area contributed by atoms with Gasteiger partial charge in [0.05, 0.1) is 20.3 Å². The van der Waals surface area contributed by atoms with Gasteiger partial charge < -0.3 is 38.1 Å². The minimum absolute atomic E-state index is 0.153. The van der Waals surface area contributed by atoms with E-state index in [0.717, 1.165) is 11.1 Å². The summed E-state index contributed by atoms with van der Waals surface area (Å²) in [6, 6.07) is 18.6. The molecule has 0 radical (unpaired) electrons. The van der Waals surface area contributed by atoms with Crippen LogP contribution in [0.15, 0.2) is 70.6 Å². The maximum absolute atomic E-state index is 14.1. The molecule has 1 amide bonds. The Hall–Kier alpha value is -3.51. The van der Waals surface area contributed by atoms with Crippen molar-refractivity contribution in [1.29, 1.82) is 0 Å². The maximum Gasteiger partial charge on any atom is 0.410 e. The third kappa shape index (κ3) is 8.51. The summed E-state index contributed by atoms with van der Waals surface area (Å²) in [6.07, 6.45) is -0.622. The number of carbonyl (C=O) groups is 1. The first-order valence-electron chi connectivity index (χ1n) is 16.4. The van der Waals surface area contributed by atoms with Crippen molar-refractivity contribution < 1.29 is 38.0 Å². The Morgan fingerprint density at radius 1 is 0.894 bits per heavy atom. The Morgan fingerprint density at radius 2 is 1.53 bits per heavy atom. The number of rotatable bonds is 12. The minimum atomic E-state index is -0.786. The van der Waals surface area contributed by atoms with E-state index in [1.807, 2.05) is 74.5 Å². The third-order valence-electron chi connectivity index (χ3n) is 8.83. The number of ether oxygens (including phenoxy) is 7. The van der Waals surface area contributed by atoms with Crippen LogP contribution < -0.4 is 0 Å². The van der Waals surface area contributed by atoms with Crippen LogP contribution in [0.3, 0.4) is 0 Å². The normalized spacial score (nSPS) is 27.1. The number of benzene rings is 2. The summed E-state index contributed by atoms with van der Waals surface area (Å²) < 4.78 is 41.9. The zero-order valence-corrected chi connectivity index (χ0v) is 28.5. The molecule has 5 rings (SSSR count). The van der Waals surface area contributed by atoms with E-state index in [4.69, 9.17) is 43.1 Å². The number of carbonyl (C=O) groups excluding carboxylic acids is 1. The Balaban J connectivity index is 1.44. The van der Waals surface area contributed by atoms with Crippen LogP contribution in [0.1, 0.15) is 58.1 Å². The molecule has 3 heterocycles. The second-order valence-corrected chi connectivity index (χ2v) is 13.0. The highest BCUT2D eigenvalue weighted by atomic mass is 16.8. The molecule has 0 N–H and O–H groups in total. The maximum atomic E-state index is 14.1. The van der Waals surface area contributed by atoms with E-state index in [-0.39, 0.29) is 42.9 Å². The zero-order valence-electron chi connectivity index (χ0n) is 28.5. The molecule has 2 fully saturated rings. The molecule has 11 heteroatoms. The van der Waals surface area contributed by atoms with Crippen LogP contribution in [-0.4, -0.2) is 92.6 Å². The molecule has 2 aromatic carbocycles. The number of aliphatic imine (C=N–C) groups is 2. The van der Waals surface area contributed by atoms with Crippen LogP contribution in [0.4, 0.5) is 4.79 Å². The fourth-order valence-corrected chi connectivity index (χ4v) is 6.51. The number of amides is 1. The fraction of sp³-hybridized carbons (Fsp3) is 0.583. The lowest BCUT2D eigenvalue weighted by Crippen LogP contribution is -2.45. The van der Waals surface area contributed by atoms with Gasteiger partial charge in [0.15, 0.2) is 12.1 Å². The van der Waals surface area contributed by atoms with Crippen molar-refractivity contribution in [3.8, 4) is 0 Å². The summed E-state index contributed by atoms with van der Waals surface area (Å²) in [7, 11) is 4.84. The molecule has 2 aromatic rings. The molecule has 2 saturated heterocycles. The van der Waals surface area contributed by atoms with Gasteiger partial charge in [0.1, 0.15) is 30.9 Å². The van der Waals surface area contributed by atoms with Gasteiger partial charge in [-0.2, -0.15) is 0 Å². The largest absolute Gasteiger partial charge is 0.483 e. The van der Waals surface area contributed by atoms with Crippen molar-refractivity contribution in [2.24, 2.45) is 15.9 Å². The molecule has 11 nitrogen and oxygen atoms in total. The molecule has 0 bridgehead atoms. The number of nitrogens with zero attached hydrogens (tertiary/aromatic N) is 3. The fourth-order valence-electron chi connectivity index (χ4n) is 6.51. The Kier molecular flexibility index (Phi) is 11.5. The monoisotopic (exact) mass is 651 g/mol. The van der Waals surface area contributed by atoms with Gasteiger partial charge in [-0.1, -0.05) is 74.5 Å². The van der Waals surface area contributed by atoms with Gasteiger partial charge >= 0.3 is 6.09 Å². The molecule has 0 aromatic heterocycles. The lowest BCUT2D eigenvalue weighted by molar-refractivity contribution is -0.228. The highest BCUT2D eigenvalue weighted by Crippen LogP contribution is 2.41. The SMILES string of the molecule is COC1=N[C@H](C(C)C)C(OC)=N[C@H]1CC[C@@H](C[C@H]1O[C@@H](OC)[C@H]2OC(C)(C)OC12)N(Cc1ccccc1)C(=O)OCc1ccccc1. The molecule has 0 aliphatic carbocycles. The number of hydrogen-bond donors (Lipinski definition) is 0. The van der Waals surface area contributed by atoms with E-state index in [0.29, 0.717) is 37.6 Å². The van der Waals surface area contributed by atoms with E-state index in [1.54, 1.807) is 26.2 Å². The highest BCUT2D eigenvalue weighted by molar-refractivity contribution is 5.94. The Morgan fingerprint density at radius 3 is 2.15 bits per heavy atom. The molecule has 3 aliphatic rings. The van der Waals surface area contributed by atoms with Crippen molar-refractivity contribution in [3.05, 3.63) is 71.8 Å². The van der Waals surface area contributed by atoms with Crippen molar-refractivity contribution in [3.63, 3.8) is 0 Å². The number of hydrogen-bond acceptors (Lipinski definition) is 10. The van der Waals surface area contributed by atoms with Crippen LogP contribution in [0.2, 0.25) is 0 Å². The van der Waals surface area contributed by atoms with E-state index in [1.165, 1.54) is 0 Å². The smallest absolute Gasteiger partial charge is 0.410 e. The molecule has 256 valence electrons. The van der Waals surface area contributed by atoms with Crippen molar-refractivity contribution >= 4 is 17.9 Å². The topological polar surface area (TPSA) is 110 Å². The molecular weight excluding hydrogens is 602 g/mol. The molecule has 7 atom stereocenters. The second kappa shape index (κ2) is 15.6. The molecule has 1 unspecified atom stereocenters. The first-order valence-corrected chi connectivity index (χ1v) is 16.4. The molecule has 47 heavy (non-hydrogen) atoms. The first kappa shape index (κ1) is 34.8. The average Bonchev–Trinajstić information content (AvgIpc) is 3.57. The van der Waals surface area contributed by atoms with Crippen molar-refractivity contribution in [2.75, 3.05) is 21.3 Å². The van der Waals surface area contributed by atoms with Gasteiger partial charge in [-0.05, 0) is 50.2 Å². The predicted molar refractivity (Wildman–Crippen MR) is 177 cm³/mol. The lowest BCUT2D eigenvalue weighted by atomic mass is 9.95. The van der Waals surface area contributed by atoms with E-state index in [2.05, 4.69) is 13.8 Å². The van der Waals surface area contributed by atoms with E-state index < -0.39 is 24.3 Å². The summed E-state index contributed by atoms with van der Waals surface area (Å²) >= 11 is 0. The van der Waals surface area contributed by atoms with Crippen molar-refractivity contribution in [1.82, 2.24) is 4.90 Å². The molecule has 3 aliphatic heterocycles. The molecule has 0 saturated carbocycles. The van der Waals surface area contributed by atoms with Gasteiger partial charge in [-0.3, -0.25) is 0 Å². The van der Waals surface area contributed by atoms with Crippen molar-refractivity contribution in [2.45, 2.75) is 109 Å². The van der Waals surface area contributed by atoms with Crippen LogP contribution in [0, 0.1) is 5.92 Å². The van der Waals surface area contributed by atoms with Crippen LogP contribution in [0.25, 0.3) is 0 Å². The number of methoxy groups -OCH3 is 3. The average molecular weight is 652 g/mol. The van der Waals surface area contributed by atoms with Crippen LogP contribution >= 0.6 is 0 Å². The summed E-state index contributed by atoms with van der Waals surface area (Å²) in [6.45, 7) is 8.43. The first-order chi connectivity index (χ1) is 22.6. The van der Waals surface area contributed by atoms with Crippen LogP contribution in [-0.2, 0) is 46.3 Å². The van der Waals surface area contributed by atoms with Gasteiger partial charge in [0.25, 0.3) is 0 Å². The van der Waals surface area contributed by atoms with Gasteiger partial charge in [-0.25, -0.2) is 14.8 Å². The quantitative estimate of drug-likeness (QED) is 0.285. The predicted octanol–water partition coefficient (Wildman–Crippen LogP) is 5.75. The Bertz CT molecular complexity index is 1370. The molecular formula is C36H49N3O8. The summed E-state index contributed by atoms with van der Waals surface area (Å²) in [4.78, 5) is 25.6. The zero-order chi connectivity index (χ0) is 33.6. The molecule has 0 spiro atoms. The van der Waals surface area contributed by atoms with Gasteiger partial charge in [0.2, 0.25) is 11.8 Å². The Labute approximate surface area is 278 Å². The van der Waals surface area contributed by atoms with E-state index in [9.17, 15) is 4.79 Å². The van der Waals surface area contributed by atoms with Gasteiger partial charge in [0, 0.05) is 19.7 Å². The highest BCUT2D eigenvalue weighted by Gasteiger charge is 2.56. The lowest BCUT2D eigenvalue weighted by Gasteiger charge is -2.35. The summed E-state index contributed by atoms with van der Waals surface area (Å²) in [5, 5.41) is 0. The minimum Gasteiger partial charge on any atom is -0.483 e. The summed E-state index contributed by atoms with van der Waals surface area (Å²) in [5.41, 5.74) is 1.89. The van der Waals surface area contributed by atoms with Gasteiger partial charge in [-0.15, -0.1) is 0 Å². The summed E-state index contributed by atoms with van der Waals surface area (Å²) in [5.74, 6) is 0.531. The van der Waals surface area contributed by atoms with E-state index >= 15 is 0 Å². The third-order valence-corrected chi connectivity index (χ3v) is 8.83. The number of fused-ring (bicyclic) bond motifs is 1. The standard InChI is InChI=1S/C36H49N3O8/c1-23(2)29-33(42-6)37-27(32(38-29)41-5)19-18-26(20-28-30-31(34(43-7)45-28)47-36(3,4)46-30)39(21-24-14-10-8-11-15-24)35(40)44-22-25-16-12-9-13-17-25/h8-17,23,26-31,34H,18-22H2,1-7H3/t26-,27-,28+,29+,30?,31-,34+/m0/s1. The second-order valence-electron chi connectivity index (χ2n) is 13.0. The van der Waals surface area contributed by atoms with Crippen LogP contribution in [0.5, 0.6) is 0 Å².